The van der Waals surface area contributed by atoms with Crippen LogP contribution < -0.4 is 5.32 Å². The van der Waals surface area contributed by atoms with Crippen LogP contribution >= 0.6 is 0 Å². The average Bonchev–Trinajstić information content (AvgIpc) is 3.44. The third-order valence-corrected chi connectivity index (χ3v) is 16.7. The molecule has 0 aromatic heterocycles. The van der Waals surface area contributed by atoms with Crippen molar-refractivity contribution in [2.45, 2.75) is 411 Å². The maximum atomic E-state index is 12.5. The quantitative estimate of drug-likeness (QED) is 0.0320. The van der Waals surface area contributed by atoms with E-state index in [1.807, 2.05) is 6.08 Å². The Morgan fingerprint density at radius 2 is 0.603 bits per heavy atom. The molecule has 0 saturated heterocycles. The molecule has 0 bridgehead atoms. The smallest absolute Gasteiger partial charge is 0.305 e. The minimum Gasteiger partial charge on any atom is -0.466 e. The number of nitrogens with one attached hydrogen (secondary N) is 1. The molecule has 0 fully saturated rings. The van der Waals surface area contributed by atoms with Gasteiger partial charge in [0.1, 0.15) is 0 Å². The summed E-state index contributed by atoms with van der Waals surface area (Å²) in [5.41, 5.74) is 0. The Kier molecular flexibility index (Phi) is 66.4. The molecule has 0 spiro atoms. The molecule has 1 amide bonds. The lowest BCUT2D eigenvalue weighted by Crippen LogP contribution is -2.45. The van der Waals surface area contributed by atoms with Crippen LogP contribution in [0.2, 0.25) is 0 Å². The summed E-state index contributed by atoms with van der Waals surface area (Å²) in [4.78, 5) is 24.6. The van der Waals surface area contributed by atoms with E-state index in [1.54, 1.807) is 6.08 Å². The number of hydrogen-bond donors (Lipinski definition) is 3. The van der Waals surface area contributed by atoms with Gasteiger partial charge in [-0.25, -0.2) is 0 Å². The fourth-order valence-electron chi connectivity index (χ4n) is 11.3. The first-order valence-electron chi connectivity index (χ1n) is 35.6. The summed E-state index contributed by atoms with van der Waals surface area (Å²) in [6.45, 7) is 4.94. The molecule has 0 aliphatic carbocycles. The third kappa shape index (κ3) is 63.5. The molecule has 78 heavy (non-hydrogen) atoms. The van der Waals surface area contributed by atoms with Gasteiger partial charge in [-0.1, -0.05) is 353 Å². The maximum Gasteiger partial charge on any atom is 0.305 e. The highest BCUT2D eigenvalue weighted by molar-refractivity contribution is 5.76. The first-order valence-corrected chi connectivity index (χ1v) is 35.6. The van der Waals surface area contributed by atoms with Gasteiger partial charge in [0, 0.05) is 12.8 Å². The van der Waals surface area contributed by atoms with Crippen LogP contribution in [0.1, 0.15) is 399 Å². The van der Waals surface area contributed by atoms with Crippen LogP contribution in [0.25, 0.3) is 0 Å². The number of carbonyl (C=O) groups is 2. The maximum absolute atomic E-state index is 12.5. The van der Waals surface area contributed by atoms with Gasteiger partial charge < -0.3 is 20.3 Å². The van der Waals surface area contributed by atoms with Crippen LogP contribution in [0.5, 0.6) is 0 Å². The van der Waals surface area contributed by atoms with Crippen LogP contribution in [0.4, 0.5) is 0 Å². The Bertz CT molecular complexity index is 1220. The van der Waals surface area contributed by atoms with Crippen molar-refractivity contribution in [2.24, 2.45) is 0 Å². The van der Waals surface area contributed by atoms with Crippen LogP contribution in [-0.4, -0.2) is 47.4 Å². The van der Waals surface area contributed by atoms with E-state index in [9.17, 15) is 19.8 Å². The Hall–Kier alpha value is -1.66. The summed E-state index contributed by atoms with van der Waals surface area (Å²) in [6, 6.07) is -0.626. The SMILES string of the molecule is CCCCCCCCC/C=C\CCCCCCCCCC(=O)OCCCCCCCCCCCCCCCCCCCCCCCCCCCCC(=O)NC(CO)C(O)/C=C/CCCCCCCCCCCCCCCCC. The van der Waals surface area contributed by atoms with Gasteiger partial charge in [0.05, 0.1) is 25.4 Å². The molecular weight excluding hydrogens is 959 g/mol. The predicted octanol–water partition coefficient (Wildman–Crippen LogP) is 22.9. The summed E-state index contributed by atoms with van der Waals surface area (Å²) in [5.74, 6) is -0.0478. The second kappa shape index (κ2) is 67.8. The van der Waals surface area contributed by atoms with Gasteiger partial charge >= 0.3 is 5.97 Å². The third-order valence-electron chi connectivity index (χ3n) is 16.7. The van der Waals surface area contributed by atoms with Crippen molar-refractivity contribution < 1.29 is 24.5 Å². The number of hydrogen-bond acceptors (Lipinski definition) is 5. The Morgan fingerprint density at radius 3 is 0.910 bits per heavy atom. The summed E-state index contributed by atoms with van der Waals surface area (Å²) in [6.07, 6.45) is 85.4. The highest BCUT2D eigenvalue weighted by Gasteiger charge is 2.18. The fourth-order valence-corrected chi connectivity index (χ4v) is 11.3. The summed E-state index contributed by atoms with van der Waals surface area (Å²) in [5, 5.41) is 23.2. The number of ether oxygens (including phenoxy) is 1. The van der Waals surface area contributed by atoms with Gasteiger partial charge in [-0.15, -0.1) is 0 Å². The lowest BCUT2D eigenvalue weighted by atomic mass is 10.0. The fraction of sp³-hybridized carbons (Fsp3) is 0.917. The van der Waals surface area contributed by atoms with Gasteiger partial charge in [-0.05, 0) is 57.8 Å². The van der Waals surface area contributed by atoms with Crippen molar-refractivity contribution in [2.75, 3.05) is 13.2 Å². The Balaban J connectivity index is 3.36. The van der Waals surface area contributed by atoms with E-state index < -0.39 is 12.1 Å². The molecule has 6 nitrogen and oxygen atoms in total. The van der Waals surface area contributed by atoms with Crippen molar-refractivity contribution in [3.8, 4) is 0 Å². The largest absolute Gasteiger partial charge is 0.466 e. The standard InChI is InChI=1S/C72H139NO5/c1-3-5-7-9-11-13-15-17-19-21-34-38-42-46-50-54-58-62-66-72(77)78-67-63-59-55-51-47-43-39-35-31-29-27-25-23-22-24-26-28-30-33-37-41-45-49-53-57-61-65-71(76)73-69(68-74)70(75)64-60-56-52-48-44-40-36-32-20-18-16-14-12-10-8-6-4-2/h19,21,60,64,69-70,74-75H,3-18,20,22-59,61-63,65-68H2,1-2H3,(H,73,76)/b21-19-,64-60+. The van der Waals surface area contributed by atoms with E-state index in [0.29, 0.717) is 19.4 Å². The number of amides is 1. The number of carbonyl (C=O) groups excluding carboxylic acids is 2. The molecule has 2 unspecified atom stereocenters. The molecule has 6 heteroatoms. The topological polar surface area (TPSA) is 95.9 Å². The molecule has 0 rings (SSSR count). The van der Waals surface area contributed by atoms with E-state index in [0.717, 1.165) is 44.9 Å². The van der Waals surface area contributed by atoms with Crippen LogP contribution in [0.3, 0.4) is 0 Å². The number of aliphatic hydroxyl groups is 2. The van der Waals surface area contributed by atoms with Gasteiger partial charge in [-0.3, -0.25) is 9.59 Å². The normalized spacial score (nSPS) is 12.6. The molecule has 462 valence electrons. The van der Waals surface area contributed by atoms with Gasteiger partial charge in [-0.2, -0.15) is 0 Å². The highest BCUT2D eigenvalue weighted by Crippen LogP contribution is 2.19. The van der Waals surface area contributed by atoms with Gasteiger partial charge in [0.15, 0.2) is 0 Å². The van der Waals surface area contributed by atoms with Crippen molar-refractivity contribution >= 4 is 11.9 Å². The lowest BCUT2D eigenvalue weighted by Gasteiger charge is -2.20. The van der Waals surface area contributed by atoms with Crippen molar-refractivity contribution in [1.29, 1.82) is 0 Å². The molecular formula is C72H139NO5. The first kappa shape index (κ1) is 76.3. The summed E-state index contributed by atoms with van der Waals surface area (Å²) < 4.78 is 5.51. The molecule has 0 aromatic rings. The van der Waals surface area contributed by atoms with E-state index in [1.165, 1.54) is 327 Å². The number of rotatable bonds is 67. The molecule has 0 aliphatic heterocycles. The van der Waals surface area contributed by atoms with E-state index in [2.05, 4.69) is 31.3 Å². The van der Waals surface area contributed by atoms with Crippen molar-refractivity contribution in [1.82, 2.24) is 5.32 Å². The molecule has 0 aliphatic rings. The van der Waals surface area contributed by atoms with Gasteiger partial charge in [0.2, 0.25) is 5.91 Å². The minimum absolute atomic E-state index is 0.0147. The van der Waals surface area contributed by atoms with Crippen LogP contribution in [0, 0.1) is 0 Å². The molecule has 0 aromatic carbocycles. The van der Waals surface area contributed by atoms with Crippen molar-refractivity contribution in [3.05, 3.63) is 24.3 Å². The lowest BCUT2D eigenvalue weighted by molar-refractivity contribution is -0.143. The zero-order chi connectivity index (χ0) is 56.4. The average molecular weight is 1100 g/mol. The second-order valence-corrected chi connectivity index (χ2v) is 24.6. The predicted molar refractivity (Wildman–Crippen MR) is 343 cm³/mol. The van der Waals surface area contributed by atoms with E-state index in [4.69, 9.17) is 4.74 Å². The first-order chi connectivity index (χ1) is 38.5. The molecule has 0 heterocycles. The Morgan fingerprint density at radius 1 is 0.346 bits per heavy atom. The molecule has 3 N–H and O–H groups in total. The van der Waals surface area contributed by atoms with E-state index >= 15 is 0 Å². The molecule has 0 radical (unpaired) electrons. The number of esters is 1. The summed E-state index contributed by atoms with van der Waals surface area (Å²) in [7, 11) is 0. The number of allylic oxidation sites excluding steroid dienone is 3. The zero-order valence-electron chi connectivity index (χ0n) is 52.9. The van der Waals surface area contributed by atoms with Crippen LogP contribution in [-0.2, 0) is 14.3 Å². The Labute approximate surface area is 488 Å². The van der Waals surface area contributed by atoms with Crippen LogP contribution in [0.15, 0.2) is 24.3 Å². The molecule has 0 saturated carbocycles. The second-order valence-electron chi connectivity index (χ2n) is 24.6. The highest BCUT2D eigenvalue weighted by atomic mass is 16.5. The number of aliphatic hydroxyl groups excluding tert-OH is 2. The summed E-state index contributed by atoms with van der Waals surface area (Å²) >= 11 is 0. The monoisotopic (exact) mass is 1100 g/mol. The number of unbranched alkanes of at least 4 members (excludes halogenated alkanes) is 54. The molecule has 2 atom stereocenters. The minimum atomic E-state index is -0.843. The van der Waals surface area contributed by atoms with Crippen molar-refractivity contribution in [3.63, 3.8) is 0 Å². The zero-order valence-corrected chi connectivity index (χ0v) is 52.9. The van der Waals surface area contributed by atoms with E-state index in [-0.39, 0.29) is 18.5 Å². The van der Waals surface area contributed by atoms with Gasteiger partial charge in [0.25, 0.3) is 0 Å².